The SMILES string of the molecule is CC1CC(Cn2ccc3cc(-c4cn[nH]c4)ccc32)CN1S(=O)(=O)Cc1cccc(C#N)c1. The third-order valence-electron chi connectivity index (χ3n) is 6.42. The van der Waals surface area contributed by atoms with Gasteiger partial charge in [-0.1, -0.05) is 18.2 Å². The van der Waals surface area contributed by atoms with E-state index in [1.54, 1.807) is 28.6 Å². The maximum absolute atomic E-state index is 13.2. The molecule has 5 rings (SSSR count). The summed E-state index contributed by atoms with van der Waals surface area (Å²) in [6.45, 7) is 3.26. The highest BCUT2D eigenvalue weighted by molar-refractivity contribution is 7.88. The van der Waals surface area contributed by atoms with Crippen LogP contribution < -0.4 is 0 Å². The third-order valence-corrected chi connectivity index (χ3v) is 8.35. The molecule has 1 aliphatic heterocycles. The summed E-state index contributed by atoms with van der Waals surface area (Å²) in [5.41, 5.74) is 4.43. The number of nitriles is 1. The van der Waals surface area contributed by atoms with E-state index in [1.807, 2.05) is 19.3 Å². The molecule has 2 unspecified atom stereocenters. The van der Waals surface area contributed by atoms with E-state index in [-0.39, 0.29) is 17.7 Å². The van der Waals surface area contributed by atoms with Crippen molar-refractivity contribution in [2.75, 3.05) is 6.54 Å². The number of H-pyrrole nitrogens is 1. The summed E-state index contributed by atoms with van der Waals surface area (Å²) < 4.78 is 30.2. The molecule has 4 aromatic rings. The van der Waals surface area contributed by atoms with Gasteiger partial charge in [-0.05, 0) is 60.7 Å². The first kappa shape index (κ1) is 21.4. The predicted molar refractivity (Wildman–Crippen MR) is 128 cm³/mol. The lowest BCUT2D eigenvalue weighted by molar-refractivity contribution is 0.399. The van der Waals surface area contributed by atoms with Gasteiger partial charge in [0.25, 0.3) is 0 Å². The Labute approximate surface area is 193 Å². The summed E-state index contributed by atoms with van der Waals surface area (Å²) in [6.07, 6.45) is 6.59. The summed E-state index contributed by atoms with van der Waals surface area (Å²) >= 11 is 0. The highest BCUT2D eigenvalue weighted by Crippen LogP contribution is 2.31. The van der Waals surface area contributed by atoms with E-state index in [4.69, 9.17) is 5.26 Å². The zero-order chi connectivity index (χ0) is 23.0. The number of sulfonamides is 1. The van der Waals surface area contributed by atoms with Gasteiger partial charge in [0.2, 0.25) is 10.0 Å². The first-order chi connectivity index (χ1) is 15.9. The van der Waals surface area contributed by atoms with E-state index in [9.17, 15) is 8.42 Å². The molecule has 3 heterocycles. The van der Waals surface area contributed by atoms with Gasteiger partial charge in [-0.2, -0.15) is 14.7 Å². The number of aromatic nitrogens is 3. The number of aromatic amines is 1. The standard InChI is InChI=1S/C25H25N5O2S/c1-18-9-21(16-30(18)33(31,32)17-20-4-2-3-19(10-20)12-26)15-29-8-7-23-11-22(5-6-25(23)29)24-13-27-28-14-24/h2-8,10-11,13-14,18,21H,9,15-17H2,1H3,(H,27,28). The Morgan fingerprint density at radius 3 is 2.85 bits per heavy atom. The largest absolute Gasteiger partial charge is 0.347 e. The molecule has 0 aliphatic carbocycles. The molecule has 2 aromatic carbocycles. The molecule has 0 amide bonds. The van der Waals surface area contributed by atoms with Crippen molar-refractivity contribution in [3.8, 4) is 17.2 Å². The minimum atomic E-state index is -3.47. The Morgan fingerprint density at radius 2 is 2.06 bits per heavy atom. The van der Waals surface area contributed by atoms with E-state index >= 15 is 0 Å². The van der Waals surface area contributed by atoms with Crippen LogP contribution in [0.5, 0.6) is 0 Å². The molecule has 2 atom stereocenters. The van der Waals surface area contributed by atoms with Gasteiger partial charge in [-0.3, -0.25) is 5.10 Å². The van der Waals surface area contributed by atoms with Crippen LogP contribution in [0.25, 0.3) is 22.0 Å². The number of hydrogen-bond acceptors (Lipinski definition) is 4. The fourth-order valence-electron chi connectivity index (χ4n) is 4.88. The van der Waals surface area contributed by atoms with Gasteiger partial charge in [0, 0.05) is 48.0 Å². The van der Waals surface area contributed by atoms with Gasteiger partial charge in [0.15, 0.2) is 0 Å². The normalized spacial score (nSPS) is 19.2. The average molecular weight is 460 g/mol. The molecule has 1 aliphatic rings. The zero-order valence-corrected chi connectivity index (χ0v) is 19.2. The Hall–Kier alpha value is -3.41. The fourth-order valence-corrected chi connectivity index (χ4v) is 6.72. The van der Waals surface area contributed by atoms with Crippen molar-refractivity contribution in [1.29, 1.82) is 5.26 Å². The summed E-state index contributed by atoms with van der Waals surface area (Å²) in [6, 6.07) is 17.3. The Kier molecular flexibility index (Phi) is 5.52. The molecule has 1 N–H and O–H groups in total. The van der Waals surface area contributed by atoms with Gasteiger partial charge in [-0.25, -0.2) is 8.42 Å². The second kappa shape index (κ2) is 8.50. The van der Waals surface area contributed by atoms with Gasteiger partial charge in [0.05, 0.1) is 23.6 Å². The van der Waals surface area contributed by atoms with Crippen LogP contribution in [-0.4, -0.2) is 40.1 Å². The quantitative estimate of drug-likeness (QED) is 0.469. The average Bonchev–Trinajstić information content (AvgIpc) is 3.54. The maximum Gasteiger partial charge on any atom is 0.218 e. The monoisotopic (exact) mass is 459 g/mol. The van der Waals surface area contributed by atoms with Gasteiger partial charge >= 0.3 is 0 Å². The number of nitrogens with one attached hydrogen (secondary N) is 1. The van der Waals surface area contributed by atoms with Crippen LogP contribution in [0.15, 0.2) is 67.1 Å². The smallest absolute Gasteiger partial charge is 0.218 e. The van der Waals surface area contributed by atoms with E-state index in [0.29, 0.717) is 17.7 Å². The molecule has 0 spiro atoms. The van der Waals surface area contributed by atoms with Crippen molar-refractivity contribution in [3.63, 3.8) is 0 Å². The number of fused-ring (bicyclic) bond motifs is 1. The van der Waals surface area contributed by atoms with E-state index in [2.05, 4.69) is 51.3 Å². The number of hydrogen-bond donors (Lipinski definition) is 1. The van der Waals surface area contributed by atoms with Crippen LogP contribution in [0.1, 0.15) is 24.5 Å². The first-order valence-corrected chi connectivity index (χ1v) is 12.6. The van der Waals surface area contributed by atoms with Crippen molar-refractivity contribution >= 4 is 20.9 Å². The summed E-state index contributed by atoms with van der Waals surface area (Å²) in [5, 5.41) is 17.1. The van der Waals surface area contributed by atoms with Crippen molar-refractivity contribution < 1.29 is 8.42 Å². The molecule has 2 aromatic heterocycles. The van der Waals surface area contributed by atoms with Gasteiger partial charge < -0.3 is 4.57 Å². The molecule has 1 fully saturated rings. The van der Waals surface area contributed by atoms with E-state index < -0.39 is 10.0 Å². The lowest BCUT2D eigenvalue weighted by Crippen LogP contribution is -2.35. The molecule has 1 saturated heterocycles. The van der Waals surface area contributed by atoms with Crippen LogP contribution in [0.2, 0.25) is 0 Å². The van der Waals surface area contributed by atoms with Gasteiger partial charge in [-0.15, -0.1) is 0 Å². The first-order valence-electron chi connectivity index (χ1n) is 11.0. The van der Waals surface area contributed by atoms with E-state index in [0.717, 1.165) is 35.0 Å². The highest BCUT2D eigenvalue weighted by atomic mass is 32.2. The molecule has 0 saturated carbocycles. The second-order valence-electron chi connectivity index (χ2n) is 8.82. The highest BCUT2D eigenvalue weighted by Gasteiger charge is 2.37. The van der Waals surface area contributed by atoms with E-state index in [1.165, 1.54) is 0 Å². The minimum absolute atomic E-state index is 0.0475. The maximum atomic E-state index is 13.2. The molecular weight excluding hydrogens is 434 g/mol. The lowest BCUT2D eigenvalue weighted by Gasteiger charge is -2.21. The summed E-state index contributed by atoms with van der Waals surface area (Å²) in [4.78, 5) is 0. The molecule has 8 heteroatoms. The summed E-state index contributed by atoms with van der Waals surface area (Å²) in [5.74, 6) is 0.160. The number of nitrogens with zero attached hydrogens (tertiary/aromatic N) is 4. The molecule has 33 heavy (non-hydrogen) atoms. The minimum Gasteiger partial charge on any atom is -0.347 e. The van der Waals surface area contributed by atoms with Crippen molar-refractivity contribution in [1.82, 2.24) is 19.1 Å². The molecule has 0 radical (unpaired) electrons. The Balaban J connectivity index is 1.31. The topological polar surface area (TPSA) is 94.8 Å². The predicted octanol–water partition coefficient (Wildman–Crippen LogP) is 4.14. The second-order valence-corrected chi connectivity index (χ2v) is 10.7. The molecular formula is C25H25N5O2S. The van der Waals surface area contributed by atoms with Crippen molar-refractivity contribution in [2.45, 2.75) is 31.7 Å². The van der Waals surface area contributed by atoms with Crippen LogP contribution in [0, 0.1) is 17.2 Å². The van der Waals surface area contributed by atoms with Crippen LogP contribution in [0.3, 0.4) is 0 Å². The number of rotatable bonds is 6. The fraction of sp³-hybridized carbons (Fsp3) is 0.280. The van der Waals surface area contributed by atoms with Crippen molar-refractivity contribution in [2.24, 2.45) is 5.92 Å². The van der Waals surface area contributed by atoms with Crippen LogP contribution >= 0.6 is 0 Å². The zero-order valence-electron chi connectivity index (χ0n) is 18.3. The van der Waals surface area contributed by atoms with Crippen molar-refractivity contribution in [3.05, 3.63) is 78.2 Å². The Bertz CT molecular complexity index is 1430. The number of benzene rings is 2. The molecule has 0 bridgehead atoms. The third kappa shape index (κ3) is 4.30. The lowest BCUT2D eigenvalue weighted by atomic mass is 10.1. The molecule has 168 valence electrons. The van der Waals surface area contributed by atoms with Crippen LogP contribution in [0.4, 0.5) is 0 Å². The Morgan fingerprint density at radius 1 is 1.18 bits per heavy atom. The van der Waals surface area contributed by atoms with Gasteiger partial charge in [0.1, 0.15) is 0 Å². The van der Waals surface area contributed by atoms with Crippen LogP contribution in [-0.2, 0) is 22.3 Å². The molecule has 7 nitrogen and oxygen atoms in total. The summed E-state index contributed by atoms with van der Waals surface area (Å²) in [7, 11) is -3.47.